The summed E-state index contributed by atoms with van der Waals surface area (Å²) in [5.74, 6) is 0.0346. The lowest BCUT2D eigenvalue weighted by Gasteiger charge is -2.25. The number of carbonyl (C=O) groups excluding carboxylic acids is 1. The molecule has 0 aliphatic carbocycles. The Kier molecular flexibility index (Phi) is 4.10. The van der Waals surface area contributed by atoms with E-state index in [9.17, 15) is 4.79 Å². The monoisotopic (exact) mass is 276 g/mol. The van der Waals surface area contributed by atoms with Crippen LogP contribution in [0.2, 0.25) is 0 Å². The molecule has 1 heterocycles. The summed E-state index contributed by atoms with van der Waals surface area (Å²) in [5, 5.41) is 0.980. The van der Waals surface area contributed by atoms with Gasteiger partial charge in [0.25, 0.3) is 5.91 Å². The summed E-state index contributed by atoms with van der Waals surface area (Å²) in [7, 11) is 1.86. The maximum absolute atomic E-state index is 12.6. The Hall–Kier alpha value is -1.55. The fourth-order valence-electron chi connectivity index (χ4n) is 2.39. The number of nitrogen functional groups attached to an aromatic ring is 1. The van der Waals surface area contributed by atoms with Gasteiger partial charge in [-0.05, 0) is 18.9 Å². The number of anilines is 1. The van der Waals surface area contributed by atoms with Gasteiger partial charge in [-0.3, -0.25) is 4.79 Å². The highest BCUT2D eigenvalue weighted by Gasteiger charge is 2.23. The predicted octanol–water partition coefficient (Wildman–Crippen LogP) is 3.74. The first-order valence-corrected chi connectivity index (χ1v) is 7.45. The van der Waals surface area contributed by atoms with Gasteiger partial charge in [-0.15, -0.1) is 11.3 Å². The Morgan fingerprint density at radius 2 is 1.95 bits per heavy atom. The SMILES string of the molecule is CCC(CC)N(C)C(=O)c1sc2ccccc2c1N. The number of benzene rings is 1. The average Bonchev–Trinajstić information content (AvgIpc) is 2.77. The molecule has 0 spiro atoms. The van der Waals surface area contributed by atoms with Crippen LogP contribution in [0.5, 0.6) is 0 Å². The van der Waals surface area contributed by atoms with Crippen molar-refractivity contribution in [2.24, 2.45) is 0 Å². The van der Waals surface area contributed by atoms with Crippen LogP contribution >= 0.6 is 11.3 Å². The molecule has 0 saturated heterocycles. The molecule has 0 aliphatic heterocycles. The van der Waals surface area contributed by atoms with Crippen molar-refractivity contribution in [1.82, 2.24) is 4.90 Å². The van der Waals surface area contributed by atoms with E-state index in [2.05, 4.69) is 13.8 Å². The molecule has 0 radical (unpaired) electrons. The van der Waals surface area contributed by atoms with E-state index in [1.54, 1.807) is 0 Å². The van der Waals surface area contributed by atoms with Crippen LogP contribution in [0.3, 0.4) is 0 Å². The third-order valence-electron chi connectivity index (χ3n) is 3.64. The van der Waals surface area contributed by atoms with E-state index in [4.69, 9.17) is 5.73 Å². The Bertz CT molecular complexity index is 587. The van der Waals surface area contributed by atoms with Gasteiger partial charge in [0.1, 0.15) is 4.88 Å². The molecule has 0 saturated carbocycles. The maximum atomic E-state index is 12.6. The minimum atomic E-state index is 0.0346. The molecule has 0 fully saturated rings. The molecule has 102 valence electrons. The molecular formula is C15H20N2OS. The van der Waals surface area contributed by atoms with Gasteiger partial charge in [-0.25, -0.2) is 0 Å². The zero-order valence-corrected chi connectivity index (χ0v) is 12.5. The Balaban J connectivity index is 2.39. The van der Waals surface area contributed by atoms with E-state index in [1.807, 2.05) is 36.2 Å². The van der Waals surface area contributed by atoms with Gasteiger partial charge >= 0.3 is 0 Å². The van der Waals surface area contributed by atoms with Crippen molar-refractivity contribution in [2.45, 2.75) is 32.7 Å². The minimum Gasteiger partial charge on any atom is -0.397 e. The second kappa shape index (κ2) is 5.61. The number of rotatable bonds is 4. The molecule has 1 aromatic carbocycles. The lowest BCUT2D eigenvalue weighted by molar-refractivity contribution is 0.0729. The van der Waals surface area contributed by atoms with E-state index in [-0.39, 0.29) is 11.9 Å². The fourth-order valence-corrected chi connectivity index (χ4v) is 3.49. The van der Waals surface area contributed by atoms with Gasteiger partial charge < -0.3 is 10.6 Å². The van der Waals surface area contributed by atoms with Gasteiger partial charge in [0.2, 0.25) is 0 Å². The highest BCUT2D eigenvalue weighted by molar-refractivity contribution is 7.21. The van der Waals surface area contributed by atoms with Crippen molar-refractivity contribution in [1.29, 1.82) is 0 Å². The van der Waals surface area contributed by atoms with Crippen LogP contribution < -0.4 is 5.73 Å². The van der Waals surface area contributed by atoms with Crippen molar-refractivity contribution in [3.8, 4) is 0 Å². The highest BCUT2D eigenvalue weighted by atomic mass is 32.1. The van der Waals surface area contributed by atoms with E-state index in [1.165, 1.54) is 11.3 Å². The molecule has 1 aromatic heterocycles. The summed E-state index contributed by atoms with van der Waals surface area (Å²) < 4.78 is 1.07. The van der Waals surface area contributed by atoms with Crippen molar-refractivity contribution >= 4 is 33.0 Å². The van der Waals surface area contributed by atoms with E-state index in [0.29, 0.717) is 10.6 Å². The van der Waals surface area contributed by atoms with Crippen LogP contribution in [0, 0.1) is 0 Å². The maximum Gasteiger partial charge on any atom is 0.266 e. The van der Waals surface area contributed by atoms with Gasteiger partial charge in [-0.1, -0.05) is 32.0 Å². The first kappa shape index (κ1) is 13.9. The number of carbonyl (C=O) groups is 1. The summed E-state index contributed by atoms with van der Waals surface area (Å²) in [6.45, 7) is 4.21. The Labute approximate surface area is 118 Å². The van der Waals surface area contributed by atoms with Crippen LogP contribution in [-0.4, -0.2) is 23.9 Å². The molecule has 1 amide bonds. The van der Waals surface area contributed by atoms with Crippen LogP contribution in [0.4, 0.5) is 5.69 Å². The van der Waals surface area contributed by atoms with Crippen LogP contribution in [0.15, 0.2) is 24.3 Å². The average molecular weight is 276 g/mol. The molecule has 2 aromatic rings. The van der Waals surface area contributed by atoms with E-state index in [0.717, 1.165) is 22.9 Å². The standard InChI is InChI=1S/C15H20N2OS/c1-4-10(5-2)17(3)15(18)14-13(16)11-8-6-7-9-12(11)19-14/h6-10H,4-5,16H2,1-3H3. The largest absolute Gasteiger partial charge is 0.397 e. The zero-order valence-electron chi connectivity index (χ0n) is 11.6. The van der Waals surface area contributed by atoms with Crippen LogP contribution in [0.1, 0.15) is 36.4 Å². The summed E-state index contributed by atoms with van der Waals surface area (Å²) in [4.78, 5) is 15.0. The van der Waals surface area contributed by atoms with E-state index >= 15 is 0 Å². The molecule has 0 aliphatic rings. The Morgan fingerprint density at radius 1 is 1.32 bits per heavy atom. The van der Waals surface area contributed by atoms with Crippen molar-refractivity contribution < 1.29 is 4.79 Å². The van der Waals surface area contributed by atoms with Crippen LogP contribution in [-0.2, 0) is 0 Å². The summed E-state index contributed by atoms with van der Waals surface area (Å²) in [6, 6.07) is 8.16. The number of nitrogens with zero attached hydrogens (tertiary/aromatic N) is 1. The molecule has 4 heteroatoms. The quantitative estimate of drug-likeness (QED) is 0.924. The smallest absolute Gasteiger partial charge is 0.266 e. The molecule has 2 rings (SSSR count). The number of thiophene rings is 1. The van der Waals surface area contributed by atoms with Crippen molar-refractivity contribution in [3.63, 3.8) is 0 Å². The third-order valence-corrected chi connectivity index (χ3v) is 4.81. The molecule has 2 N–H and O–H groups in total. The molecule has 0 atom stereocenters. The molecule has 19 heavy (non-hydrogen) atoms. The van der Waals surface area contributed by atoms with Crippen molar-refractivity contribution in [3.05, 3.63) is 29.1 Å². The summed E-state index contributed by atoms with van der Waals surface area (Å²) in [6.07, 6.45) is 1.92. The molecule has 0 unspecified atom stereocenters. The number of nitrogens with two attached hydrogens (primary N) is 1. The van der Waals surface area contributed by atoms with Gasteiger partial charge in [0, 0.05) is 23.2 Å². The van der Waals surface area contributed by atoms with Gasteiger partial charge in [-0.2, -0.15) is 0 Å². The Morgan fingerprint density at radius 3 is 2.53 bits per heavy atom. The van der Waals surface area contributed by atoms with Crippen LogP contribution in [0.25, 0.3) is 10.1 Å². The van der Waals surface area contributed by atoms with E-state index < -0.39 is 0 Å². The predicted molar refractivity (Wildman–Crippen MR) is 82.7 cm³/mol. The van der Waals surface area contributed by atoms with Crippen molar-refractivity contribution in [2.75, 3.05) is 12.8 Å². The third kappa shape index (κ3) is 2.45. The number of amides is 1. The summed E-state index contributed by atoms with van der Waals surface area (Å²) >= 11 is 1.48. The topological polar surface area (TPSA) is 46.3 Å². The first-order chi connectivity index (χ1) is 9.10. The van der Waals surface area contributed by atoms with Gasteiger partial charge in [0.05, 0.1) is 5.69 Å². The highest BCUT2D eigenvalue weighted by Crippen LogP contribution is 2.34. The number of hydrogen-bond donors (Lipinski definition) is 1. The molecule has 0 bridgehead atoms. The normalized spacial score (nSPS) is 11.2. The minimum absolute atomic E-state index is 0.0346. The second-order valence-electron chi connectivity index (χ2n) is 4.73. The lowest BCUT2D eigenvalue weighted by atomic mass is 10.1. The zero-order chi connectivity index (χ0) is 14.0. The number of hydrogen-bond acceptors (Lipinski definition) is 3. The lowest BCUT2D eigenvalue weighted by Crippen LogP contribution is -2.36. The van der Waals surface area contributed by atoms with Gasteiger partial charge in [0.15, 0.2) is 0 Å². The summed E-state index contributed by atoms with van der Waals surface area (Å²) in [5.41, 5.74) is 6.74. The number of fused-ring (bicyclic) bond motifs is 1. The first-order valence-electron chi connectivity index (χ1n) is 6.64. The second-order valence-corrected chi connectivity index (χ2v) is 5.78. The molecule has 3 nitrogen and oxygen atoms in total. The molecular weight excluding hydrogens is 256 g/mol. The fraction of sp³-hybridized carbons (Fsp3) is 0.400.